The highest BCUT2D eigenvalue weighted by atomic mass is 32.2. The molecule has 0 aromatic heterocycles. The Hall–Kier alpha value is -3.86. The van der Waals surface area contributed by atoms with Crippen molar-refractivity contribution in [3.63, 3.8) is 0 Å². The molecule has 214 valence electrons. The van der Waals surface area contributed by atoms with Crippen molar-refractivity contribution in [1.29, 1.82) is 0 Å². The zero-order chi connectivity index (χ0) is 29.2. The minimum absolute atomic E-state index is 0.0184. The van der Waals surface area contributed by atoms with Crippen LogP contribution >= 0.6 is 0 Å². The number of rotatable bonds is 13. The van der Waals surface area contributed by atoms with E-state index >= 15 is 0 Å². The van der Waals surface area contributed by atoms with Crippen molar-refractivity contribution in [2.75, 3.05) is 18.2 Å². The zero-order valence-electron chi connectivity index (χ0n) is 22.0. The Morgan fingerprint density at radius 2 is 1.60 bits per heavy atom. The number of aryl methyl sites for hydroxylation is 2. The number of halogens is 3. The second-order valence-corrected chi connectivity index (χ2v) is 11.1. The molecule has 0 aliphatic rings. The molecule has 0 aliphatic carbocycles. The van der Waals surface area contributed by atoms with Gasteiger partial charge in [0.05, 0.1) is 18.4 Å². The molecule has 2 N–H and O–H groups in total. The van der Waals surface area contributed by atoms with Gasteiger partial charge >= 0.3 is 6.18 Å². The van der Waals surface area contributed by atoms with E-state index in [1.54, 1.807) is 0 Å². The molecule has 0 saturated heterocycles. The van der Waals surface area contributed by atoms with E-state index < -0.39 is 33.6 Å². The van der Waals surface area contributed by atoms with Crippen LogP contribution in [-0.4, -0.2) is 33.1 Å². The smallest absolute Gasteiger partial charge is 0.419 e. The standard InChI is InChI=1S/C29H31F3N2O5S/c1-40(37,38)34-28(36)23-12-8-13-24(20-23)33-27(35)17-15-22-14-16-26(25(19-22)29(30,31)32)39-18-7-3-6-11-21-9-4-2-5-10-21/h2,4-5,8-10,12-14,16,19-20H,3,6-7,11,15,17-18H2,1H3,(H,33,35)(H,34,36). The molecule has 0 bridgehead atoms. The van der Waals surface area contributed by atoms with E-state index in [0.717, 1.165) is 31.6 Å². The molecule has 2 amide bonds. The summed E-state index contributed by atoms with van der Waals surface area (Å²) in [5.41, 5.74) is 0.912. The van der Waals surface area contributed by atoms with Crippen LogP contribution in [0.5, 0.6) is 5.75 Å². The number of hydrogen-bond donors (Lipinski definition) is 2. The average Bonchev–Trinajstić information content (AvgIpc) is 2.89. The molecule has 11 heteroatoms. The fourth-order valence-electron chi connectivity index (χ4n) is 3.96. The Balaban J connectivity index is 1.51. The minimum Gasteiger partial charge on any atom is -0.493 e. The molecule has 0 fully saturated rings. The molecule has 0 spiro atoms. The second kappa shape index (κ2) is 14.0. The van der Waals surface area contributed by atoms with Crippen LogP contribution in [-0.2, 0) is 33.8 Å². The van der Waals surface area contributed by atoms with Gasteiger partial charge in [-0.25, -0.2) is 13.1 Å². The quantitative estimate of drug-likeness (QED) is 0.252. The number of carbonyl (C=O) groups excluding carboxylic acids is 2. The van der Waals surface area contributed by atoms with E-state index in [1.165, 1.54) is 42.0 Å². The van der Waals surface area contributed by atoms with E-state index in [1.807, 2.05) is 35.1 Å². The van der Waals surface area contributed by atoms with Crippen LogP contribution < -0.4 is 14.8 Å². The van der Waals surface area contributed by atoms with Gasteiger partial charge in [-0.1, -0.05) is 42.5 Å². The van der Waals surface area contributed by atoms with Crippen molar-refractivity contribution in [2.45, 2.75) is 44.7 Å². The normalized spacial score (nSPS) is 11.6. The topological polar surface area (TPSA) is 102 Å². The summed E-state index contributed by atoms with van der Waals surface area (Å²) in [6, 6.07) is 19.4. The zero-order valence-corrected chi connectivity index (χ0v) is 22.8. The summed E-state index contributed by atoms with van der Waals surface area (Å²) in [5, 5.41) is 2.57. The number of ether oxygens (including phenoxy) is 1. The number of amides is 2. The fourth-order valence-corrected chi connectivity index (χ4v) is 4.42. The third-order valence-electron chi connectivity index (χ3n) is 5.89. The van der Waals surface area contributed by atoms with E-state index in [-0.39, 0.29) is 36.4 Å². The van der Waals surface area contributed by atoms with Crippen LogP contribution in [0, 0.1) is 0 Å². The molecule has 0 heterocycles. The van der Waals surface area contributed by atoms with Crippen LogP contribution in [0.4, 0.5) is 18.9 Å². The van der Waals surface area contributed by atoms with Crippen molar-refractivity contribution in [3.05, 3.63) is 95.1 Å². The van der Waals surface area contributed by atoms with Gasteiger partial charge in [0.25, 0.3) is 5.91 Å². The van der Waals surface area contributed by atoms with Crippen molar-refractivity contribution in [2.24, 2.45) is 0 Å². The van der Waals surface area contributed by atoms with Crippen molar-refractivity contribution >= 4 is 27.5 Å². The SMILES string of the molecule is CS(=O)(=O)NC(=O)c1cccc(NC(=O)CCc2ccc(OCCCCCc3ccccc3)c(C(F)(F)F)c2)c1. The lowest BCUT2D eigenvalue weighted by Gasteiger charge is -2.15. The van der Waals surface area contributed by atoms with Crippen molar-refractivity contribution < 1.29 is 35.9 Å². The van der Waals surface area contributed by atoms with E-state index in [4.69, 9.17) is 4.74 Å². The van der Waals surface area contributed by atoms with E-state index in [2.05, 4.69) is 5.32 Å². The first kappa shape index (κ1) is 30.7. The maximum Gasteiger partial charge on any atom is 0.419 e. The molecule has 0 radical (unpaired) electrons. The Morgan fingerprint density at radius 3 is 2.30 bits per heavy atom. The molecule has 3 aromatic rings. The van der Waals surface area contributed by atoms with Crippen molar-refractivity contribution in [1.82, 2.24) is 4.72 Å². The lowest BCUT2D eigenvalue weighted by atomic mass is 10.0. The highest BCUT2D eigenvalue weighted by molar-refractivity contribution is 7.89. The molecular weight excluding hydrogens is 545 g/mol. The highest BCUT2D eigenvalue weighted by Gasteiger charge is 2.34. The Kier molecular flexibility index (Phi) is 10.7. The predicted octanol–water partition coefficient (Wildman–Crippen LogP) is 5.76. The van der Waals surface area contributed by atoms with Gasteiger partial charge in [0.1, 0.15) is 5.75 Å². The predicted molar refractivity (Wildman–Crippen MR) is 147 cm³/mol. The van der Waals surface area contributed by atoms with Gasteiger partial charge in [0.15, 0.2) is 0 Å². The average molecular weight is 577 g/mol. The summed E-state index contributed by atoms with van der Waals surface area (Å²) in [7, 11) is -3.76. The number of benzene rings is 3. The molecule has 0 aliphatic heterocycles. The molecular formula is C29H31F3N2O5S. The van der Waals surface area contributed by atoms with Crippen LogP contribution in [0.1, 0.15) is 52.7 Å². The van der Waals surface area contributed by atoms with Crippen LogP contribution in [0.25, 0.3) is 0 Å². The monoisotopic (exact) mass is 576 g/mol. The number of carbonyl (C=O) groups is 2. The van der Waals surface area contributed by atoms with Crippen LogP contribution in [0.3, 0.4) is 0 Å². The number of sulfonamides is 1. The molecule has 0 saturated carbocycles. The van der Waals surface area contributed by atoms with E-state index in [9.17, 15) is 31.2 Å². The Bertz CT molecular complexity index is 1410. The number of alkyl halides is 3. The Labute approximate surface area is 231 Å². The molecule has 7 nitrogen and oxygen atoms in total. The summed E-state index contributed by atoms with van der Waals surface area (Å²) in [4.78, 5) is 24.4. The first-order valence-electron chi connectivity index (χ1n) is 12.7. The number of anilines is 1. The maximum atomic E-state index is 13.7. The van der Waals surface area contributed by atoms with Gasteiger partial charge in [0.2, 0.25) is 15.9 Å². The van der Waals surface area contributed by atoms with Gasteiger partial charge in [-0.2, -0.15) is 13.2 Å². The van der Waals surface area contributed by atoms with Crippen molar-refractivity contribution in [3.8, 4) is 5.75 Å². The summed E-state index contributed by atoms with van der Waals surface area (Å²) in [5.74, 6) is -1.58. The maximum absolute atomic E-state index is 13.7. The summed E-state index contributed by atoms with van der Waals surface area (Å²) in [6.07, 6.45) is -0.569. The largest absolute Gasteiger partial charge is 0.493 e. The van der Waals surface area contributed by atoms with Gasteiger partial charge < -0.3 is 10.1 Å². The lowest BCUT2D eigenvalue weighted by Crippen LogP contribution is -2.29. The highest BCUT2D eigenvalue weighted by Crippen LogP contribution is 2.37. The first-order chi connectivity index (χ1) is 18.9. The molecule has 0 unspecified atom stereocenters. The number of nitrogens with one attached hydrogen (secondary N) is 2. The molecule has 3 rings (SSSR count). The van der Waals surface area contributed by atoms with Crippen LogP contribution in [0.15, 0.2) is 72.8 Å². The van der Waals surface area contributed by atoms with E-state index in [0.29, 0.717) is 12.0 Å². The van der Waals surface area contributed by atoms with Gasteiger partial charge in [0, 0.05) is 17.7 Å². The number of unbranched alkanes of at least 4 members (excludes halogenated alkanes) is 2. The van der Waals surface area contributed by atoms with Gasteiger partial charge in [-0.05, 0) is 73.6 Å². The molecule has 3 aromatic carbocycles. The third kappa shape index (κ3) is 10.4. The van der Waals surface area contributed by atoms with Gasteiger partial charge in [-0.3, -0.25) is 9.59 Å². The summed E-state index contributed by atoms with van der Waals surface area (Å²) >= 11 is 0. The number of hydrogen-bond acceptors (Lipinski definition) is 5. The summed E-state index contributed by atoms with van der Waals surface area (Å²) < 4.78 is 70.9. The minimum atomic E-state index is -4.62. The fraction of sp³-hybridized carbons (Fsp3) is 0.310. The second-order valence-electron chi connectivity index (χ2n) is 9.31. The first-order valence-corrected chi connectivity index (χ1v) is 14.6. The lowest BCUT2D eigenvalue weighted by molar-refractivity contribution is -0.139. The molecule has 0 atom stereocenters. The Morgan fingerprint density at radius 1 is 0.850 bits per heavy atom. The van der Waals surface area contributed by atoms with Gasteiger partial charge in [-0.15, -0.1) is 0 Å². The van der Waals surface area contributed by atoms with Crippen LogP contribution in [0.2, 0.25) is 0 Å². The molecule has 40 heavy (non-hydrogen) atoms. The summed E-state index contributed by atoms with van der Waals surface area (Å²) in [6.45, 7) is 0.168. The third-order valence-corrected chi connectivity index (χ3v) is 6.44.